The van der Waals surface area contributed by atoms with E-state index >= 15 is 0 Å². The molecule has 0 saturated heterocycles. The smallest absolute Gasteiger partial charge is 0.264 e. The van der Waals surface area contributed by atoms with E-state index in [1.54, 1.807) is 17.1 Å². The molecule has 0 aliphatic rings. The Labute approximate surface area is 77.3 Å². The van der Waals surface area contributed by atoms with Gasteiger partial charge in [-0.2, -0.15) is 5.10 Å². The van der Waals surface area contributed by atoms with Gasteiger partial charge in [0.2, 0.25) is 0 Å². The van der Waals surface area contributed by atoms with Crippen LogP contribution in [0.1, 0.15) is 0 Å². The van der Waals surface area contributed by atoms with Crippen molar-refractivity contribution in [3.05, 3.63) is 23.3 Å². The highest BCUT2D eigenvalue weighted by Crippen LogP contribution is 2.19. The first-order valence-electron chi connectivity index (χ1n) is 3.37. The number of hydrogen-bond donors (Lipinski definition) is 0. The van der Waals surface area contributed by atoms with Gasteiger partial charge in [-0.1, -0.05) is 0 Å². The molecule has 5 heteroatoms. The van der Waals surface area contributed by atoms with Gasteiger partial charge in [0.15, 0.2) is 0 Å². The molecule has 0 aromatic carbocycles. The van der Waals surface area contributed by atoms with E-state index in [0.717, 1.165) is 11.4 Å². The second kappa shape index (κ2) is 2.75. The van der Waals surface area contributed by atoms with Crippen LogP contribution in [0, 0.1) is 0 Å². The quantitative estimate of drug-likeness (QED) is 0.747. The highest BCUT2D eigenvalue weighted by Gasteiger charge is 2.06. The molecule has 2 rings (SSSR count). The third kappa shape index (κ3) is 1.16. The monoisotopic (exact) mass is 227 g/mol. The summed E-state index contributed by atoms with van der Waals surface area (Å²) >= 11 is 3.13. The number of aromatic nitrogens is 3. The van der Waals surface area contributed by atoms with E-state index in [1.165, 1.54) is 0 Å². The molecule has 0 spiro atoms. The molecule has 0 aliphatic heterocycles. The third-order valence-electron chi connectivity index (χ3n) is 1.56. The predicted molar refractivity (Wildman–Crippen MR) is 46.4 cm³/mol. The molecule has 2 heterocycles. The molecule has 2 aromatic heterocycles. The Bertz CT molecular complexity index is 393. The fourth-order valence-electron chi connectivity index (χ4n) is 0.995. The van der Waals surface area contributed by atoms with Gasteiger partial charge in [0, 0.05) is 29.2 Å². The van der Waals surface area contributed by atoms with Gasteiger partial charge in [-0.15, -0.1) is 0 Å². The minimum absolute atomic E-state index is 0.485. The lowest BCUT2D eigenvalue weighted by Gasteiger charge is -1.93. The van der Waals surface area contributed by atoms with E-state index in [4.69, 9.17) is 4.42 Å². The van der Waals surface area contributed by atoms with Crippen LogP contribution in [0.2, 0.25) is 0 Å². The molecule has 2 aromatic rings. The minimum atomic E-state index is 0.485. The summed E-state index contributed by atoms with van der Waals surface area (Å²) in [4.78, 5) is 4.59. The summed E-state index contributed by atoms with van der Waals surface area (Å²) in [7, 11) is 1.86. The van der Waals surface area contributed by atoms with Crippen LogP contribution in [0.25, 0.3) is 11.4 Å². The largest absolute Gasteiger partial charge is 0.439 e. The first kappa shape index (κ1) is 7.54. The molecule has 0 aliphatic carbocycles. The van der Waals surface area contributed by atoms with Crippen molar-refractivity contribution >= 4 is 15.9 Å². The Hall–Kier alpha value is -1.10. The number of oxazole rings is 1. The Balaban J connectivity index is 2.50. The second-order valence-electron chi connectivity index (χ2n) is 2.33. The first-order chi connectivity index (χ1) is 5.77. The molecule has 0 saturated carbocycles. The summed E-state index contributed by atoms with van der Waals surface area (Å²) in [6.07, 6.45) is 3.30. The maximum Gasteiger partial charge on any atom is 0.264 e. The summed E-state index contributed by atoms with van der Waals surface area (Å²) in [6.45, 7) is 0. The fourth-order valence-corrected chi connectivity index (χ4v) is 1.28. The van der Waals surface area contributed by atoms with Crippen molar-refractivity contribution in [2.75, 3.05) is 0 Å². The van der Waals surface area contributed by atoms with Gasteiger partial charge in [-0.3, -0.25) is 4.68 Å². The average molecular weight is 228 g/mol. The standard InChI is InChI=1S/C7H6BrN3O/c1-11-6(2-3-9-11)5-4-12-7(8)10-5/h2-4H,1H3. The van der Waals surface area contributed by atoms with Crippen LogP contribution >= 0.6 is 15.9 Å². The summed E-state index contributed by atoms with van der Waals surface area (Å²) < 4.78 is 6.75. The summed E-state index contributed by atoms with van der Waals surface area (Å²) in [5.74, 6) is 0. The Kier molecular flexibility index (Phi) is 1.73. The van der Waals surface area contributed by atoms with E-state index in [0.29, 0.717) is 4.80 Å². The van der Waals surface area contributed by atoms with E-state index < -0.39 is 0 Å². The molecule has 0 amide bonds. The van der Waals surface area contributed by atoms with Crippen molar-refractivity contribution in [3.8, 4) is 11.4 Å². The highest BCUT2D eigenvalue weighted by atomic mass is 79.9. The molecular formula is C7H6BrN3O. The SMILES string of the molecule is Cn1nccc1-c1coc(Br)n1. The Morgan fingerprint density at radius 3 is 2.92 bits per heavy atom. The van der Waals surface area contributed by atoms with Crippen molar-refractivity contribution in [1.82, 2.24) is 14.8 Å². The molecule has 0 bridgehead atoms. The third-order valence-corrected chi connectivity index (χ3v) is 1.92. The zero-order valence-corrected chi connectivity index (χ0v) is 7.95. The molecule has 12 heavy (non-hydrogen) atoms. The van der Waals surface area contributed by atoms with E-state index in [-0.39, 0.29) is 0 Å². The summed E-state index contributed by atoms with van der Waals surface area (Å²) in [5, 5.41) is 4.02. The van der Waals surface area contributed by atoms with Gasteiger partial charge in [-0.25, -0.2) is 4.98 Å². The summed E-state index contributed by atoms with van der Waals surface area (Å²) in [5.41, 5.74) is 1.71. The maximum atomic E-state index is 5.01. The number of halogens is 1. The zero-order valence-electron chi connectivity index (χ0n) is 6.36. The van der Waals surface area contributed by atoms with Crippen molar-refractivity contribution < 1.29 is 4.42 Å². The van der Waals surface area contributed by atoms with E-state index in [9.17, 15) is 0 Å². The fraction of sp³-hybridized carbons (Fsp3) is 0.143. The van der Waals surface area contributed by atoms with Crippen LogP contribution in [0.5, 0.6) is 0 Å². The van der Waals surface area contributed by atoms with Gasteiger partial charge in [-0.05, 0) is 6.07 Å². The van der Waals surface area contributed by atoms with Gasteiger partial charge in [0.1, 0.15) is 12.0 Å². The molecule has 0 unspecified atom stereocenters. The second-order valence-corrected chi connectivity index (χ2v) is 3.00. The van der Waals surface area contributed by atoms with Crippen molar-refractivity contribution in [1.29, 1.82) is 0 Å². The number of hydrogen-bond acceptors (Lipinski definition) is 3. The van der Waals surface area contributed by atoms with Crippen molar-refractivity contribution in [3.63, 3.8) is 0 Å². The van der Waals surface area contributed by atoms with E-state index in [2.05, 4.69) is 26.0 Å². The summed E-state index contributed by atoms with van der Waals surface area (Å²) in [6, 6.07) is 1.88. The lowest BCUT2D eigenvalue weighted by molar-refractivity contribution is 0.529. The molecule has 62 valence electrons. The normalized spacial score (nSPS) is 10.5. The molecule has 0 atom stereocenters. The highest BCUT2D eigenvalue weighted by molar-refractivity contribution is 9.10. The molecule has 0 fully saturated rings. The van der Waals surface area contributed by atoms with Crippen molar-refractivity contribution in [2.24, 2.45) is 7.05 Å². The van der Waals surface area contributed by atoms with Crippen LogP contribution in [-0.4, -0.2) is 14.8 Å². The number of aryl methyl sites for hydroxylation is 1. The van der Waals surface area contributed by atoms with Crippen LogP contribution < -0.4 is 0 Å². The van der Waals surface area contributed by atoms with Gasteiger partial charge in [0.25, 0.3) is 4.80 Å². The molecule has 4 nitrogen and oxygen atoms in total. The van der Waals surface area contributed by atoms with Crippen LogP contribution in [0.15, 0.2) is 27.7 Å². The van der Waals surface area contributed by atoms with Crippen molar-refractivity contribution in [2.45, 2.75) is 0 Å². The van der Waals surface area contributed by atoms with Crippen LogP contribution in [0.4, 0.5) is 0 Å². The average Bonchev–Trinajstić information content (AvgIpc) is 2.58. The molecule has 0 N–H and O–H groups in total. The maximum absolute atomic E-state index is 5.01. The lowest BCUT2D eigenvalue weighted by Crippen LogP contribution is -1.92. The van der Waals surface area contributed by atoms with Gasteiger partial charge in [0.05, 0.1) is 5.69 Å². The van der Waals surface area contributed by atoms with E-state index in [1.807, 2.05) is 13.1 Å². The van der Waals surface area contributed by atoms with Crippen LogP contribution in [-0.2, 0) is 7.05 Å². The Morgan fingerprint density at radius 1 is 1.58 bits per heavy atom. The number of nitrogens with zero attached hydrogens (tertiary/aromatic N) is 3. The predicted octanol–water partition coefficient (Wildman–Crippen LogP) is 1.84. The number of rotatable bonds is 1. The molecule has 0 radical (unpaired) electrons. The molecular weight excluding hydrogens is 222 g/mol. The van der Waals surface area contributed by atoms with Crippen LogP contribution in [0.3, 0.4) is 0 Å². The van der Waals surface area contributed by atoms with Gasteiger partial charge < -0.3 is 4.42 Å². The minimum Gasteiger partial charge on any atom is -0.439 e. The van der Waals surface area contributed by atoms with Gasteiger partial charge >= 0.3 is 0 Å². The Morgan fingerprint density at radius 2 is 2.42 bits per heavy atom. The lowest BCUT2D eigenvalue weighted by atomic mass is 10.3. The zero-order chi connectivity index (χ0) is 8.55. The first-order valence-corrected chi connectivity index (χ1v) is 4.16. The topological polar surface area (TPSA) is 43.9 Å².